The lowest BCUT2D eigenvalue weighted by atomic mass is 10.0. The first-order chi connectivity index (χ1) is 38.8. The van der Waals surface area contributed by atoms with E-state index in [0.717, 1.165) is 11.1 Å². The Morgan fingerprint density at radius 1 is 0.549 bits per heavy atom. The molecule has 0 saturated carbocycles. The van der Waals surface area contributed by atoms with Crippen LogP contribution >= 0.6 is 0 Å². The van der Waals surface area contributed by atoms with Gasteiger partial charge in [-0.3, -0.25) is 33.6 Å². The molecule has 0 aliphatic carbocycles. The smallest absolute Gasteiger partial charge is 0.326 e. The quantitative estimate of drug-likeness (QED) is 0.0236. The van der Waals surface area contributed by atoms with Crippen molar-refractivity contribution in [3.8, 4) is 11.1 Å². The van der Waals surface area contributed by atoms with E-state index in [1.165, 1.54) is 16.8 Å². The predicted octanol–water partition coefficient (Wildman–Crippen LogP) is 3.02. The van der Waals surface area contributed by atoms with Crippen molar-refractivity contribution in [1.29, 1.82) is 0 Å². The first-order valence-corrected chi connectivity index (χ1v) is 25.9. The number of nitrogens with two attached hydrogens (primary N) is 2. The highest BCUT2D eigenvalue weighted by atomic mass is 19.1. The third kappa shape index (κ3) is 21.6. The average Bonchev–Trinajstić information content (AvgIpc) is 3.75. The van der Waals surface area contributed by atoms with Gasteiger partial charge in [0, 0.05) is 50.6 Å². The minimum absolute atomic E-state index is 0.0409. The second-order valence-electron chi connectivity index (χ2n) is 19.0. The Hall–Kier alpha value is -9.54. The van der Waals surface area contributed by atoms with Crippen molar-refractivity contribution in [3.05, 3.63) is 72.0 Å². The lowest BCUT2D eigenvalue weighted by Gasteiger charge is -2.18. The van der Waals surface area contributed by atoms with Gasteiger partial charge in [0.15, 0.2) is 5.82 Å². The Kier molecular flexibility index (Phi) is 25.3. The average molecular weight is 1150 g/mol. The zero-order chi connectivity index (χ0) is 60.6. The molecule has 0 bridgehead atoms. The summed E-state index contributed by atoms with van der Waals surface area (Å²) >= 11 is 0. The molecule has 4 aromatic rings. The summed E-state index contributed by atoms with van der Waals surface area (Å²) < 4.78 is 15.4. The lowest BCUT2D eigenvalue weighted by molar-refractivity contribution is -0.144. The fourth-order valence-corrected chi connectivity index (χ4v) is 8.23. The van der Waals surface area contributed by atoms with Gasteiger partial charge in [0.25, 0.3) is 0 Å². The molecule has 5 atom stereocenters. The number of carboxylic acid groups (broad SMARTS) is 5. The monoisotopic (exact) mass is 1150 g/mol. The highest BCUT2D eigenvalue weighted by Gasteiger charge is 2.28. The number of aromatic nitrogens is 2. The number of carbonyl (C=O) groups is 12. The van der Waals surface area contributed by atoms with Crippen LogP contribution in [-0.2, 0) is 47.9 Å². The molecule has 3 aromatic carbocycles. The van der Waals surface area contributed by atoms with Crippen LogP contribution in [0.15, 0.2) is 60.7 Å². The van der Waals surface area contributed by atoms with Gasteiger partial charge in [-0.15, -0.1) is 5.10 Å². The van der Waals surface area contributed by atoms with Crippen LogP contribution in [0, 0.1) is 12.7 Å². The predicted molar refractivity (Wildman–Crippen MR) is 290 cm³/mol. The van der Waals surface area contributed by atoms with Gasteiger partial charge >= 0.3 is 35.9 Å². The van der Waals surface area contributed by atoms with Crippen LogP contribution < -0.4 is 48.7 Å². The van der Waals surface area contributed by atoms with Crippen molar-refractivity contribution in [2.75, 3.05) is 16.4 Å². The molecular weight excluding hydrogens is 1080 g/mol. The second kappa shape index (κ2) is 31.9. The number of unbranched alkanes of at least 4 members (excludes halogenated alkanes) is 3. The molecule has 82 heavy (non-hydrogen) atoms. The van der Waals surface area contributed by atoms with E-state index in [1.54, 1.807) is 49.4 Å². The number of urea groups is 1. The standard InChI is InChI=1S/C53H66FN11O17/c1-28-11-16-32(54)37(27-28)62-53(82)57-30-14-12-29(13-15-30)31-7-6-8-38-47(31)48(56)64-65(38)45(71)10-5-3-2-4-9-40(66)63-39(55)21-25-44(70)60-35(51(78)79)19-23-42(68)58-33(49(74)75)17-22-41(67)59-34(50(76)77)18-24-43(69)61-36(52(80)81)20-26-46(72)73/h6-8,11-16,27,33-36,39H,2-5,9-10,17-26,55H2,1H3,(H2,56,64)(H,58,68)(H,59,67)(H,60,70)(H,61,69)(H,63,66)(H,72,73)(H,74,75)(H,76,77)(H,78,79)(H,80,81)(H2,57,62,82)/t33-,34-,35-,36-,39-/m0/s1. The van der Waals surface area contributed by atoms with Gasteiger partial charge < -0.3 is 74.2 Å². The van der Waals surface area contributed by atoms with Crippen molar-refractivity contribution in [2.24, 2.45) is 5.73 Å². The van der Waals surface area contributed by atoms with E-state index < -0.39 is 153 Å². The molecule has 4 rings (SSSR count). The van der Waals surface area contributed by atoms with Crippen LogP contribution in [0.3, 0.4) is 0 Å². The number of fused-ring (bicyclic) bond motifs is 1. The number of halogens is 1. The zero-order valence-corrected chi connectivity index (χ0v) is 44.5. The number of benzene rings is 3. The van der Waals surface area contributed by atoms with E-state index in [-0.39, 0.29) is 43.1 Å². The van der Waals surface area contributed by atoms with Crippen LogP contribution in [0.4, 0.5) is 26.4 Å². The summed E-state index contributed by atoms with van der Waals surface area (Å²) in [6, 6.07) is 9.36. The summed E-state index contributed by atoms with van der Waals surface area (Å²) in [7, 11) is 0. The number of nitrogen functional groups attached to an aromatic ring is 1. The number of amides is 7. The molecule has 442 valence electrons. The van der Waals surface area contributed by atoms with Gasteiger partial charge in [-0.05, 0) is 98.9 Å². The summed E-state index contributed by atoms with van der Waals surface area (Å²) in [6.45, 7) is 1.77. The van der Waals surface area contributed by atoms with Crippen LogP contribution in [-0.4, -0.2) is 137 Å². The van der Waals surface area contributed by atoms with Crippen molar-refractivity contribution in [1.82, 2.24) is 36.4 Å². The summed E-state index contributed by atoms with van der Waals surface area (Å²) in [4.78, 5) is 146. The summed E-state index contributed by atoms with van der Waals surface area (Å²) in [5.41, 5.74) is 15.5. The maximum atomic E-state index is 14.1. The Balaban J connectivity index is 1.12. The molecule has 0 radical (unpaired) electrons. The molecule has 0 spiro atoms. The number of carboxylic acids is 5. The first-order valence-electron chi connectivity index (χ1n) is 25.9. The lowest BCUT2D eigenvalue weighted by Crippen LogP contribution is -2.46. The van der Waals surface area contributed by atoms with Crippen LogP contribution in [0.1, 0.15) is 113 Å². The maximum Gasteiger partial charge on any atom is 0.326 e. The largest absolute Gasteiger partial charge is 0.481 e. The Morgan fingerprint density at radius 3 is 1.50 bits per heavy atom. The van der Waals surface area contributed by atoms with Gasteiger partial charge in [0.2, 0.25) is 35.4 Å². The molecule has 0 unspecified atom stereocenters. The van der Waals surface area contributed by atoms with E-state index in [4.69, 9.17) is 16.6 Å². The maximum absolute atomic E-state index is 14.1. The topological polar surface area (TPSA) is 460 Å². The molecule has 29 heteroatoms. The summed E-state index contributed by atoms with van der Waals surface area (Å²) in [5, 5.41) is 67.9. The zero-order valence-electron chi connectivity index (χ0n) is 44.5. The number of anilines is 3. The van der Waals surface area contributed by atoms with Gasteiger partial charge in [-0.25, -0.2) is 28.4 Å². The molecule has 7 amide bonds. The van der Waals surface area contributed by atoms with E-state index in [1.807, 2.05) is 6.07 Å². The Morgan fingerprint density at radius 2 is 1.01 bits per heavy atom. The third-order valence-electron chi connectivity index (χ3n) is 12.5. The number of aliphatic carboxylic acids is 5. The molecule has 0 aliphatic heterocycles. The number of nitrogens with zero attached hydrogens (tertiary/aromatic N) is 2. The highest BCUT2D eigenvalue weighted by molar-refractivity contribution is 6.06. The van der Waals surface area contributed by atoms with E-state index >= 15 is 0 Å². The molecular formula is C53H66FN11O17. The minimum atomic E-state index is -1.70. The van der Waals surface area contributed by atoms with E-state index in [9.17, 15) is 82.4 Å². The number of aryl methyl sites for hydroxylation is 1. The van der Waals surface area contributed by atoms with Crippen molar-refractivity contribution >= 4 is 99.4 Å². The van der Waals surface area contributed by atoms with Crippen LogP contribution in [0.25, 0.3) is 22.0 Å². The van der Waals surface area contributed by atoms with Crippen LogP contribution in [0.2, 0.25) is 0 Å². The number of carbonyl (C=O) groups excluding carboxylic acids is 7. The molecule has 16 N–H and O–H groups in total. The highest BCUT2D eigenvalue weighted by Crippen LogP contribution is 2.33. The normalized spacial score (nSPS) is 12.8. The number of hydrogen-bond donors (Lipinski definition) is 14. The Labute approximate surface area is 467 Å². The van der Waals surface area contributed by atoms with Gasteiger partial charge in [-0.1, -0.05) is 43.2 Å². The van der Waals surface area contributed by atoms with Gasteiger partial charge in [0.05, 0.1) is 22.8 Å². The summed E-state index contributed by atoms with van der Waals surface area (Å²) in [6.07, 6.45) is -3.48. The Bertz CT molecular complexity index is 3010. The van der Waals surface area contributed by atoms with Crippen molar-refractivity contribution in [2.45, 2.75) is 140 Å². The van der Waals surface area contributed by atoms with E-state index in [2.05, 4.69) is 42.3 Å². The molecule has 0 aliphatic rings. The van der Waals surface area contributed by atoms with Gasteiger partial charge in [-0.2, -0.15) is 4.68 Å². The summed E-state index contributed by atoms with van der Waals surface area (Å²) in [5.74, 6) is -12.3. The second-order valence-corrected chi connectivity index (χ2v) is 19.0. The molecule has 0 saturated heterocycles. The first kappa shape index (κ1) is 65.0. The number of nitrogens with one attached hydrogen (secondary N) is 7. The molecule has 1 aromatic heterocycles. The minimum Gasteiger partial charge on any atom is -0.481 e. The fraction of sp³-hybridized carbons (Fsp3) is 0.415. The van der Waals surface area contributed by atoms with Gasteiger partial charge in [0.1, 0.15) is 30.0 Å². The van der Waals surface area contributed by atoms with Crippen LogP contribution in [0.5, 0.6) is 0 Å². The molecule has 1 heterocycles. The van der Waals surface area contributed by atoms with Crippen molar-refractivity contribution < 1.29 is 87.5 Å². The fourth-order valence-electron chi connectivity index (χ4n) is 8.23. The molecule has 28 nitrogen and oxygen atoms in total. The van der Waals surface area contributed by atoms with Crippen molar-refractivity contribution in [3.63, 3.8) is 0 Å². The SMILES string of the molecule is Cc1ccc(F)c(NC(=O)Nc2ccc(-c3cccc4c3c(N)nn4C(=O)CCCCCCC(=O)N[C@H](N)CCC(=O)N[C@@H](CCC(=O)N[C@@H](CCC(=O)N[C@@H](CCC(=O)N[C@@H](CCC(=O)O)C(=O)O)C(=O)O)C(=O)O)C(=O)O)cc2)c1. The third-order valence-corrected chi connectivity index (χ3v) is 12.5. The number of rotatable bonds is 34. The number of hydrogen-bond acceptors (Lipinski definition) is 15. The van der Waals surface area contributed by atoms with E-state index in [0.29, 0.717) is 47.8 Å². The molecule has 0 fully saturated rings.